The van der Waals surface area contributed by atoms with Crippen molar-refractivity contribution < 1.29 is 4.79 Å². The Morgan fingerprint density at radius 2 is 2.00 bits per heavy atom. The van der Waals surface area contributed by atoms with Gasteiger partial charge in [0.15, 0.2) is 5.69 Å². The lowest BCUT2D eigenvalue weighted by Crippen LogP contribution is -2.52. The van der Waals surface area contributed by atoms with Crippen LogP contribution < -0.4 is 10.7 Å². The van der Waals surface area contributed by atoms with Crippen molar-refractivity contribution in [3.05, 3.63) is 58.0 Å². The number of carbonyl (C=O) groups excluding carboxylic acids is 1. The summed E-state index contributed by atoms with van der Waals surface area (Å²) in [6, 6.07) is 11.2. The maximum atomic E-state index is 12.7. The molecular weight excluding hydrogens is 328 g/mol. The minimum atomic E-state index is -0.328. The fraction of sp³-hybridized carbons (Fsp3) is 0.353. The normalized spacial score (nSPS) is 17.2. The SMILES string of the molecule is Cc1cc(=O)c(C(=O)N2CCNC(C)C2)nn1-c1ccccc1.Cl. The second-order valence-corrected chi connectivity index (χ2v) is 5.85. The largest absolute Gasteiger partial charge is 0.334 e. The number of nitrogens with one attached hydrogen (secondary N) is 1. The third kappa shape index (κ3) is 3.66. The van der Waals surface area contributed by atoms with E-state index in [0.717, 1.165) is 12.2 Å². The molecule has 1 aliphatic heterocycles. The minimum absolute atomic E-state index is 0. The Balaban J connectivity index is 0.00000208. The fourth-order valence-electron chi connectivity index (χ4n) is 2.79. The predicted molar refractivity (Wildman–Crippen MR) is 95.2 cm³/mol. The van der Waals surface area contributed by atoms with Crippen LogP contribution in [0.25, 0.3) is 5.69 Å². The molecular formula is C17H21ClN4O2. The smallest absolute Gasteiger partial charge is 0.278 e. The van der Waals surface area contributed by atoms with E-state index in [4.69, 9.17) is 0 Å². The number of amides is 1. The number of para-hydroxylation sites is 1. The van der Waals surface area contributed by atoms with Gasteiger partial charge in [-0.15, -0.1) is 12.4 Å². The van der Waals surface area contributed by atoms with Crippen LogP contribution in [0.3, 0.4) is 0 Å². The van der Waals surface area contributed by atoms with Crippen molar-refractivity contribution in [2.45, 2.75) is 19.9 Å². The highest BCUT2D eigenvalue weighted by atomic mass is 35.5. The van der Waals surface area contributed by atoms with E-state index in [0.29, 0.717) is 18.8 Å². The second kappa shape index (κ2) is 7.59. The first kappa shape index (κ1) is 18.2. The molecule has 0 aliphatic carbocycles. The molecule has 1 aromatic carbocycles. The van der Waals surface area contributed by atoms with Gasteiger partial charge in [0, 0.05) is 37.4 Å². The van der Waals surface area contributed by atoms with Gasteiger partial charge in [0.25, 0.3) is 5.91 Å². The maximum absolute atomic E-state index is 12.7. The van der Waals surface area contributed by atoms with E-state index < -0.39 is 0 Å². The van der Waals surface area contributed by atoms with E-state index in [1.165, 1.54) is 6.07 Å². The van der Waals surface area contributed by atoms with Crippen LogP contribution in [0.1, 0.15) is 23.1 Å². The summed E-state index contributed by atoms with van der Waals surface area (Å²) < 4.78 is 1.64. The Labute approximate surface area is 146 Å². The minimum Gasteiger partial charge on any atom is -0.334 e. The first-order valence-corrected chi connectivity index (χ1v) is 7.75. The first-order valence-electron chi connectivity index (χ1n) is 7.75. The van der Waals surface area contributed by atoms with Crippen LogP contribution in [-0.4, -0.2) is 46.3 Å². The van der Waals surface area contributed by atoms with Crippen molar-refractivity contribution in [1.29, 1.82) is 0 Å². The lowest BCUT2D eigenvalue weighted by molar-refractivity contribution is 0.0699. The van der Waals surface area contributed by atoms with Crippen LogP contribution in [-0.2, 0) is 0 Å². The number of hydrogen-bond donors (Lipinski definition) is 1. The molecule has 24 heavy (non-hydrogen) atoms. The summed E-state index contributed by atoms with van der Waals surface area (Å²) in [4.78, 5) is 26.6. The lowest BCUT2D eigenvalue weighted by Gasteiger charge is -2.31. The van der Waals surface area contributed by atoms with Crippen LogP contribution in [0.15, 0.2) is 41.2 Å². The van der Waals surface area contributed by atoms with E-state index in [9.17, 15) is 9.59 Å². The summed E-state index contributed by atoms with van der Waals surface area (Å²) >= 11 is 0. The molecule has 0 spiro atoms. The molecule has 1 aliphatic rings. The molecule has 2 heterocycles. The van der Waals surface area contributed by atoms with Gasteiger partial charge in [0.1, 0.15) is 0 Å². The van der Waals surface area contributed by atoms with Gasteiger partial charge >= 0.3 is 0 Å². The molecule has 0 bridgehead atoms. The van der Waals surface area contributed by atoms with E-state index in [2.05, 4.69) is 10.4 Å². The lowest BCUT2D eigenvalue weighted by atomic mass is 10.2. The van der Waals surface area contributed by atoms with Crippen molar-refractivity contribution in [1.82, 2.24) is 20.0 Å². The molecule has 7 heteroatoms. The van der Waals surface area contributed by atoms with Gasteiger partial charge in [-0.1, -0.05) is 18.2 Å². The molecule has 1 unspecified atom stereocenters. The average molecular weight is 349 g/mol. The molecule has 1 N–H and O–H groups in total. The van der Waals surface area contributed by atoms with Crippen LogP contribution in [0.2, 0.25) is 0 Å². The number of nitrogens with zero attached hydrogens (tertiary/aromatic N) is 3. The molecule has 128 valence electrons. The summed E-state index contributed by atoms with van der Waals surface area (Å²) in [5, 5.41) is 7.62. The van der Waals surface area contributed by atoms with Gasteiger partial charge < -0.3 is 10.2 Å². The van der Waals surface area contributed by atoms with Gasteiger partial charge in [-0.05, 0) is 26.0 Å². The molecule has 1 amide bonds. The highest BCUT2D eigenvalue weighted by Crippen LogP contribution is 2.09. The highest BCUT2D eigenvalue weighted by molar-refractivity contribution is 5.92. The summed E-state index contributed by atoms with van der Waals surface area (Å²) in [7, 11) is 0. The number of carbonyl (C=O) groups is 1. The number of piperazine rings is 1. The first-order chi connectivity index (χ1) is 11.1. The van der Waals surface area contributed by atoms with Gasteiger partial charge in [-0.25, -0.2) is 4.68 Å². The Hall–Kier alpha value is -2.18. The molecule has 1 saturated heterocycles. The third-order valence-corrected chi connectivity index (χ3v) is 3.97. The Morgan fingerprint density at radius 1 is 1.29 bits per heavy atom. The number of aryl methyl sites for hydroxylation is 1. The number of rotatable bonds is 2. The van der Waals surface area contributed by atoms with Crippen LogP contribution in [0.5, 0.6) is 0 Å². The molecule has 3 rings (SSSR count). The molecule has 2 aromatic rings. The number of halogens is 1. The summed E-state index contributed by atoms with van der Waals surface area (Å²) in [6.07, 6.45) is 0. The number of hydrogen-bond acceptors (Lipinski definition) is 4. The standard InChI is InChI=1S/C17H20N4O2.ClH/c1-12-11-20(9-8-18-12)17(23)16-15(22)10-13(2)21(19-16)14-6-4-3-5-7-14;/h3-7,10,12,18H,8-9,11H2,1-2H3;1H. The number of benzene rings is 1. The van der Waals surface area contributed by atoms with E-state index in [-0.39, 0.29) is 35.5 Å². The van der Waals surface area contributed by atoms with Gasteiger partial charge in [0.2, 0.25) is 5.43 Å². The Kier molecular flexibility index (Phi) is 5.75. The number of aromatic nitrogens is 2. The molecule has 1 atom stereocenters. The Morgan fingerprint density at radius 3 is 2.67 bits per heavy atom. The summed E-state index contributed by atoms with van der Waals surface area (Å²) in [5.74, 6) is -0.298. The molecule has 6 nitrogen and oxygen atoms in total. The van der Waals surface area contributed by atoms with Gasteiger partial charge in [-0.2, -0.15) is 5.10 Å². The van der Waals surface area contributed by atoms with Gasteiger partial charge in [-0.3, -0.25) is 9.59 Å². The zero-order valence-electron chi connectivity index (χ0n) is 13.7. The van der Waals surface area contributed by atoms with Crippen molar-refractivity contribution >= 4 is 18.3 Å². The van der Waals surface area contributed by atoms with Crippen molar-refractivity contribution in [2.24, 2.45) is 0 Å². The van der Waals surface area contributed by atoms with Crippen LogP contribution in [0, 0.1) is 6.92 Å². The topological polar surface area (TPSA) is 67.2 Å². The molecule has 1 aromatic heterocycles. The average Bonchev–Trinajstić information content (AvgIpc) is 2.55. The predicted octanol–water partition coefficient (Wildman–Crippen LogP) is 1.40. The fourth-order valence-corrected chi connectivity index (χ4v) is 2.79. The summed E-state index contributed by atoms with van der Waals surface area (Å²) in [6.45, 7) is 5.72. The van der Waals surface area contributed by atoms with E-state index in [1.54, 1.807) is 9.58 Å². The maximum Gasteiger partial charge on any atom is 0.278 e. The Bertz CT molecular complexity index is 776. The molecule has 1 fully saturated rings. The third-order valence-electron chi connectivity index (χ3n) is 3.97. The van der Waals surface area contributed by atoms with Gasteiger partial charge in [0.05, 0.1) is 5.69 Å². The quantitative estimate of drug-likeness (QED) is 0.890. The van der Waals surface area contributed by atoms with Crippen molar-refractivity contribution in [2.75, 3.05) is 19.6 Å². The molecule has 0 radical (unpaired) electrons. The zero-order valence-corrected chi connectivity index (χ0v) is 14.5. The van der Waals surface area contributed by atoms with Crippen molar-refractivity contribution in [3.8, 4) is 5.69 Å². The van der Waals surface area contributed by atoms with Crippen LogP contribution in [0.4, 0.5) is 0 Å². The van der Waals surface area contributed by atoms with E-state index >= 15 is 0 Å². The van der Waals surface area contributed by atoms with Crippen LogP contribution >= 0.6 is 12.4 Å². The zero-order chi connectivity index (χ0) is 16.4. The monoisotopic (exact) mass is 348 g/mol. The second-order valence-electron chi connectivity index (χ2n) is 5.85. The van der Waals surface area contributed by atoms with Crippen molar-refractivity contribution in [3.63, 3.8) is 0 Å². The molecule has 0 saturated carbocycles. The highest BCUT2D eigenvalue weighted by Gasteiger charge is 2.25. The van der Waals surface area contributed by atoms with E-state index in [1.807, 2.05) is 44.2 Å². The summed E-state index contributed by atoms with van der Waals surface area (Å²) in [5.41, 5.74) is 1.18.